The second-order valence-electron chi connectivity index (χ2n) is 5.57. The van der Waals surface area contributed by atoms with Crippen LogP contribution in [0.2, 0.25) is 0 Å². The Bertz CT molecular complexity index is 446. The van der Waals surface area contributed by atoms with Crippen molar-refractivity contribution >= 4 is 11.8 Å². The van der Waals surface area contributed by atoms with E-state index in [2.05, 4.69) is 12.1 Å². The maximum atomic E-state index is 11.7. The number of esters is 1. The summed E-state index contributed by atoms with van der Waals surface area (Å²) in [5.74, 6) is -0.236. The zero-order valence-corrected chi connectivity index (χ0v) is 11.5. The Morgan fingerprint density at radius 3 is 2.47 bits per heavy atom. The van der Waals surface area contributed by atoms with Gasteiger partial charge in [0.1, 0.15) is 17.8 Å². The molecule has 0 bridgehead atoms. The highest BCUT2D eigenvalue weighted by Crippen LogP contribution is 2.35. The molecule has 1 unspecified atom stereocenters. The first-order valence-electron chi connectivity index (χ1n) is 6.79. The van der Waals surface area contributed by atoms with Crippen molar-refractivity contribution in [2.24, 2.45) is 5.92 Å². The van der Waals surface area contributed by atoms with Gasteiger partial charge in [0, 0.05) is 6.42 Å². The summed E-state index contributed by atoms with van der Waals surface area (Å²) in [6, 6.07) is 10.1. The van der Waals surface area contributed by atoms with Crippen molar-refractivity contribution in [3.63, 3.8) is 0 Å². The predicted octanol–water partition coefficient (Wildman–Crippen LogP) is 2.92. The largest absolute Gasteiger partial charge is 0.458 e. The lowest BCUT2D eigenvalue weighted by atomic mass is 9.78. The summed E-state index contributed by atoms with van der Waals surface area (Å²) in [7, 11) is 0. The molecule has 0 N–H and O–H groups in total. The third-order valence-corrected chi connectivity index (χ3v) is 3.89. The van der Waals surface area contributed by atoms with Gasteiger partial charge in [-0.15, -0.1) is 0 Å². The van der Waals surface area contributed by atoms with Gasteiger partial charge in [-0.05, 0) is 24.3 Å². The Morgan fingerprint density at radius 2 is 1.89 bits per heavy atom. The van der Waals surface area contributed by atoms with Crippen molar-refractivity contribution in [2.45, 2.75) is 45.1 Å². The molecule has 2 rings (SSSR count). The minimum atomic E-state index is -0.623. The molecule has 1 heterocycles. The molecular formula is C16H20O3. The van der Waals surface area contributed by atoms with E-state index in [1.807, 2.05) is 32.0 Å². The molecule has 0 amide bonds. The van der Waals surface area contributed by atoms with Crippen molar-refractivity contribution in [2.75, 3.05) is 0 Å². The van der Waals surface area contributed by atoms with Crippen LogP contribution in [0.25, 0.3) is 0 Å². The molecule has 0 aromatic heterocycles. The summed E-state index contributed by atoms with van der Waals surface area (Å²) < 4.78 is 5.57. The maximum absolute atomic E-state index is 11.7. The number of cyclic esters (lactones) is 1. The lowest BCUT2D eigenvalue weighted by molar-refractivity contribution is -0.177. The number of benzene rings is 1. The summed E-state index contributed by atoms with van der Waals surface area (Å²) >= 11 is 0. The van der Waals surface area contributed by atoms with Gasteiger partial charge in [-0.2, -0.15) is 0 Å². The number of ether oxygens (including phenoxy) is 1. The first kappa shape index (κ1) is 13.8. The van der Waals surface area contributed by atoms with Crippen molar-refractivity contribution in [1.82, 2.24) is 0 Å². The van der Waals surface area contributed by atoms with Gasteiger partial charge in [-0.25, -0.2) is 0 Å². The van der Waals surface area contributed by atoms with Gasteiger partial charge in [0.15, 0.2) is 0 Å². The van der Waals surface area contributed by atoms with E-state index in [4.69, 9.17) is 4.74 Å². The summed E-state index contributed by atoms with van der Waals surface area (Å²) in [4.78, 5) is 23.3. The van der Waals surface area contributed by atoms with Crippen LogP contribution in [0.4, 0.5) is 0 Å². The molecule has 102 valence electrons. The third-order valence-electron chi connectivity index (χ3n) is 3.89. The molecule has 1 aromatic rings. The van der Waals surface area contributed by atoms with E-state index >= 15 is 0 Å². The number of Topliss-reactive ketones (excluding diaryl/α,β-unsaturated/α-hetero) is 1. The molecule has 1 aliphatic rings. The van der Waals surface area contributed by atoms with Gasteiger partial charge in [-0.1, -0.05) is 44.2 Å². The zero-order valence-electron chi connectivity index (χ0n) is 11.5. The first-order chi connectivity index (χ1) is 9.02. The Balaban J connectivity index is 2.11. The van der Waals surface area contributed by atoms with Crippen molar-refractivity contribution in [1.29, 1.82) is 0 Å². The van der Waals surface area contributed by atoms with Crippen LogP contribution in [-0.4, -0.2) is 17.4 Å². The number of hydrogen-bond acceptors (Lipinski definition) is 3. The molecule has 0 aliphatic carbocycles. The Labute approximate surface area is 114 Å². The Morgan fingerprint density at radius 1 is 1.21 bits per heavy atom. The van der Waals surface area contributed by atoms with Crippen LogP contribution in [0, 0.1) is 5.92 Å². The molecule has 0 spiro atoms. The fourth-order valence-corrected chi connectivity index (χ4v) is 2.61. The standard InChI is InChI=1S/C16H20O3/c1-12(2)16(11-14(17)10-15(18)19-16)9-8-13-6-4-3-5-7-13/h3-7,12H,8-11H2,1-2H3. The van der Waals surface area contributed by atoms with Gasteiger partial charge in [-0.3, -0.25) is 9.59 Å². The summed E-state index contributed by atoms with van der Waals surface area (Å²) in [5.41, 5.74) is 0.582. The summed E-state index contributed by atoms with van der Waals surface area (Å²) in [5, 5.41) is 0. The highest BCUT2D eigenvalue weighted by atomic mass is 16.6. The number of aryl methyl sites for hydroxylation is 1. The molecule has 1 atom stereocenters. The number of hydrogen-bond donors (Lipinski definition) is 0. The van der Waals surface area contributed by atoms with Crippen molar-refractivity contribution in [3.8, 4) is 0 Å². The average Bonchev–Trinajstić information content (AvgIpc) is 2.36. The molecule has 1 fully saturated rings. The third kappa shape index (κ3) is 3.22. The topological polar surface area (TPSA) is 43.4 Å². The van der Waals surface area contributed by atoms with Crippen LogP contribution in [0.3, 0.4) is 0 Å². The van der Waals surface area contributed by atoms with Crippen LogP contribution in [0.1, 0.15) is 38.7 Å². The number of rotatable bonds is 4. The quantitative estimate of drug-likeness (QED) is 0.617. The monoisotopic (exact) mass is 260 g/mol. The summed E-state index contributed by atoms with van der Waals surface area (Å²) in [6.45, 7) is 4.02. The van der Waals surface area contributed by atoms with E-state index < -0.39 is 5.60 Å². The van der Waals surface area contributed by atoms with Crippen LogP contribution in [0.15, 0.2) is 30.3 Å². The molecule has 3 heteroatoms. The van der Waals surface area contributed by atoms with E-state index in [1.54, 1.807) is 0 Å². The SMILES string of the molecule is CC(C)C1(CCc2ccccc2)CC(=O)CC(=O)O1. The lowest BCUT2D eigenvalue weighted by Gasteiger charge is -2.39. The lowest BCUT2D eigenvalue weighted by Crippen LogP contribution is -2.47. The van der Waals surface area contributed by atoms with E-state index in [1.165, 1.54) is 5.56 Å². The fourth-order valence-electron chi connectivity index (χ4n) is 2.61. The summed E-state index contributed by atoms with van der Waals surface area (Å²) in [6.07, 6.45) is 1.80. The molecular weight excluding hydrogens is 240 g/mol. The molecule has 1 aromatic carbocycles. The number of carbonyl (C=O) groups is 2. The molecule has 1 saturated heterocycles. The van der Waals surface area contributed by atoms with Gasteiger partial charge in [0.25, 0.3) is 0 Å². The highest BCUT2D eigenvalue weighted by Gasteiger charge is 2.43. The first-order valence-corrected chi connectivity index (χ1v) is 6.79. The normalized spacial score (nSPS) is 23.5. The Hall–Kier alpha value is -1.64. The van der Waals surface area contributed by atoms with Gasteiger partial charge < -0.3 is 4.74 Å². The van der Waals surface area contributed by atoms with Gasteiger partial charge >= 0.3 is 5.97 Å². The minimum Gasteiger partial charge on any atom is -0.458 e. The smallest absolute Gasteiger partial charge is 0.313 e. The van der Waals surface area contributed by atoms with Crippen LogP contribution >= 0.6 is 0 Å². The molecule has 1 aliphatic heterocycles. The van der Waals surface area contributed by atoms with E-state index in [0.717, 1.165) is 6.42 Å². The average molecular weight is 260 g/mol. The zero-order chi connectivity index (χ0) is 13.9. The van der Waals surface area contributed by atoms with Gasteiger partial charge in [0.2, 0.25) is 0 Å². The Kier molecular flexibility index (Phi) is 4.03. The van der Waals surface area contributed by atoms with Gasteiger partial charge in [0.05, 0.1) is 0 Å². The minimum absolute atomic E-state index is 0.00184. The number of ketones is 1. The van der Waals surface area contributed by atoms with E-state index in [9.17, 15) is 9.59 Å². The van der Waals surface area contributed by atoms with Crippen LogP contribution < -0.4 is 0 Å². The second-order valence-corrected chi connectivity index (χ2v) is 5.57. The van der Waals surface area contributed by atoms with E-state index in [-0.39, 0.29) is 24.1 Å². The fraction of sp³-hybridized carbons (Fsp3) is 0.500. The number of carbonyl (C=O) groups excluding carboxylic acids is 2. The highest BCUT2D eigenvalue weighted by molar-refractivity contribution is 5.98. The van der Waals surface area contributed by atoms with Crippen LogP contribution in [0.5, 0.6) is 0 Å². The maximum Gasteiger partial charge on any atom is 0.313 e. The molecule has 0 radical (unpaired) electrons. The van der Waals surface area contributed by atoms with Crippen molar-refractivity contribution < 1.29 is 14.3 Å². The molecule has 3 nitrogen and oxygen atoms in total. The van der Waals surface area contributed by atoms with Crippen LogP contribution in [-0.2, 0) is 20.7 Å². The van der Waals surface area contributed by atoms with Crippen molar-refractivity contribution in [3.05, 3.63) is 35.9 Å². The predicted molar refractivity (Wildman–Crippen MR) is 72.7 cm³/mol. The molecule has 19 heavy (non-hydrogen) atoms. The second kappa shape index (κ2) is 5.55. The van der Waals surface area contributed by atoms with E-state index in [0.29, 0.717) is 12.8 Å². The molecule has 0 saturated carbocycles.